The fourth-order valence-corrected chi connectivity index (χ4v) is 0.232. The van der Waals surface area contributed by atoms with Gasteiger partial charge in [-0.15, -0.1) is 0 Å². The SMILES string of the molecule is C=CC(Cl)=COC(C)=O. The summed E-state index contributed by atoms with van der Waals surface area (Å²) in [4.78, 5) is 10.1. The standard InChI is InChI=1S/C6H7ClO2/c1-3-6(7)4-9-5(2)8/h3-4H,1H2,2H3. The monoisotopic (exact) mass is 146 g/mol. The van der Waals surface area contributed by atoms with Crippen molar-refractivity contribution < 1.29 is 9.53 Å². The molecule has 0 fully saturated rings. The van der Waals surface area contributed by atoms with Gasteiger partial charge in [-0.25, -0.2) is 0 Å². The summed E-state index contributed by atoms with van der Waals surface area (Å²) in [6.45, 7) is 4.64. The van der Waals surface area contributed by atoms with Crippen LogP contribution >= 0.6 is 11.6 Å². The zero-order chi connectivity index (χ0) is 7.28. The van der Waals surface area contributed by atoms with E-state index in [1.165, 1.54) is 13.0 Å². The molecule has 0 aromatic heterocycles. The summed E-state index contributed by atoms with van der Waals surface area (Å²) >= 11 is 5.38. The Morgan fingerprint density at radius 1 is 1.78 bits per heavy atom. The molecule has 0 atom stereocenters. The van der Waals surface area contributed by atoms with Gasteiger partial charge in [0.2, 0.25) is 0 Å². The van der Waals surface area contributed by atoms with E-state index in [1.54, 1.807) is 0 Å². The number of carbonyl (C=O) groups excluding carboxylic acids is 1. The maximum atomic E-state index is 10.1. The molecule has 3 heteroatoms. The minimum Gasteiger partial charge on any atom is -0.433 e. The second-order valence-electron chi connectivity index (χ2n) is 1.32. The van der Waals surface area contributed by atoms with Crippen LogP contribution in [-0.4, -0.2) is 5.97 Å². The van der Waals surface area contributed by atoms with E-state index in [2.05, 4.69) is 11.3 Å². The van der Waals surface area contributed by atoms with Gasteiger partial charge in [-0.2, -0.15) is 0 Å². The first-order valence-corrected chi connectivity index (χ1v) is 2.70. The van der Waals surface area contributed by atoms with E-state index in [1.807, 2.05) is 0 Å². The fourth-order valence-electron chi connectivity index (χ4n) is 0.187. The summed E-state index contributed by atoms with van der Waals surface area (Å²) in [7, 11) is 0. The third-order valence-corrected chi connectivity index (χ3v) is 0.776. The fraction of sp³-hybridized carbons (Fsp3) is 0.167. The van der Waals surface area contributed by atoms with Gasteiger partial charge in [0, 0.05) is 6.92 Å². The summed E-state index contributed by atoms with van der Waals surface area (Å²) in [5.41, 5.74) is 0. The molecule has 0 bridgehead atoms. The van der Waals surface area contributed by atoms with Crippen LogP contribution in [0, 0.1) is 0 Å². The molecule has 0 spiro atoms. The van der Waals surface area contributed by atoms with Gasteiger partial charge in [-0.1, -0.05) is 18.2 Å². The third-order valence-electron chi connectivity index (χ3n) is 0.532. The van der Waals surface area contributed by atoms with E-state index in [4.69, 9.17) is 11.6 Å². The van der Waals surface area contributed by atoms with Crippen molar-refractivity contribution in [1.82, 2.24) is 0 Å². The largest absolute Gasteiger partial charge is 0.433 e. The smallest absolute Gasteiger partial charge is 0.307 e. The van der Waals surface area contributed by atoms with Crippen molar-refractivity contribution in [3.63, 3.8) is 0 Å². The van der Waals surface area contributed by atoms with Crippen molar-refractivity contribution in [2.45, 2.75) is 6.92 Å². The maximum absolute atomic E-state index is 10.1. The molecule has 0 saturated carbocycles. The van der Waals surface area contributed by atoms with Crippen LogP contribution in [0.15, 0.2) is 23.9 Å². The number of hydrogen-bond donors (Lipinski definition) is 0. The van der Waals surface area contributed by atoms with Crippen molar-refractivity contribution in [3.05, 3.63) is 23.9 Å². The molecule has 2 nitrogen and oxygen atoms in total. The van der Waals surface area contributed by atoms with E-state index >= 15 is 0 Å². The molecule has 0 N–H and O–H groups in total. The molecule has 0 unspecified atom stereocenters. The van der Waals surface area contributed by atoms with Gasteiger partial charge in [0.05, 0.1) is 5.03 Å². The lowest BCUT2D eigenvalue weighted by molar-refractivity contribution is -0.135. The summed E-state index contributed by atoms with van der Waals surface area (Å²) in [5, 5.41) is 0.310. The summed E-state index contributed by atoms with van der Waals surface area (Å²) in [6.07, 6.45) is 2.52. The average Bonchev–Trinajstić information content (AvgIpc) is 1.83. The van der Waals surface area contributed by atoms with Gasteiger partial charge in [-0.3, -0.25) is 4.79 Å². The van der Waals surface area contributed by atoms with E-state index < -0.39 is 5.97 Å². The first kappa shape index (κ1) is 8.24. The van der Waals surface area contributed by atoms with E-state index in [9.17, 15) is 4.79 Å². The van der Waals surface area contributed by atoms with E-state index in [0.717, 1.165) is 6.26 Å². The number of esters is 1. The summed E-state index contributed by atoms with van der Waals surface area (Å²) in [5.74, 6) is -0.394. The first-order chi connectivity index (χ1) is 4.16. The lowest BCUT2D eigenvalue weighted by Gasteiger charge is -1.89. The zero-order valence-electron chi connectivity index (χ0n) is 5.06. The summed E-state index contributed by atoms with van der Waals surface area (Å²) < 4.78 is 4.39. The molecule has 0 saturated heterocycles. The normalized spacial score (nSPS) is 10.7. The topological polar surface area (TPSA) is 26.3 Å². The van der Waals surface area contributed by atoms with Crippen LogP contribution in [0.5, 0.6) is 0 Å². The highest BCUT2D eigenvalue weighted by Gasteiger charge is 1.87. The molecule has 9 heavy (non-hydrogen) atoms. The first-order valence-electron chi connectivity index (χ1n) is 2.32. The Morgan fingerprint density at radius 3 is 2.67 bits per heavy atom. The molecule has 0 radical (unpaired) electrons. The van der Waals surface area contributed by atoms with Gasteiger partial charge < -0.3 is 4.74 Å². The van der Waals surface area contributed by atoms with Gasteiger partial charge in [-0.05, 0) is 6.08 Å². The Labute approximate surface area is 58.8 Å². The second kappa shape index (κ2) is 4.15. The average molecular weight is 147 g/mol. The summed E-state index contributed by atoms with van der Waals surface area (Å²) in [6, 6.07) is 0. The molecular weight excluding hydrogens is 140 g/mol. The lowest BCUT2D eigenvalue weighted by atomic mass is 10.6. The zero-order valence-corrected chi connectivity index (χ0v) is 5.81. The molecule has 0 aromatic rings. The number of carbonyl (C=O) groups is 1. The van der Waals surface area contributed by atoms with Crippen molar-refractivity contribution in [2.24, 2.45) is 0 Å². The van der Waals surface area contributed by atoms with Crippen LogP contribution in [-0.2, 0) is 9.53 Å². The van der Waals surface area contributed by atoms with Gasteiger partial charge in [0.25, 0.3) is 0 Å². The highest BCUT2D eigenvalue weighted by atomic mass is 35.5. The lowest BCUT2D eigenvalue weighted by Crippen LogP contribution is -1.89. The molecule has 0 amide bonds. The molecule has 0 aliphatic heterocycles. The number of hydrogen-bond acceptors (Lipinski definition) is 2. The Morgan fingerprint density at radius 2 is 2.33 bits per heavy atom. The van der Waals surface area contributed by atoms with E-state index in [-0.39, 0.29) is 0 Å². The van der Waals surface area contributed by atoms with Gasteiger partial charge >= 0.3 is 5.97 Å². The predicted octanol–water partition coefficient (Wildman–Crippen LogP) is 1.82. The number of rotatable bonds is 2. The Bertz CT molecular complexity index is 149. The van der Waals surface area contributed by atoms with E-state index in [0.29, 0.717) is 5.03 Å². The number of halogens is 1. The molecular formula is C6H7ClO2. The Balaban J connectivity index is 3.69. The van der Waals surface area contributed by atoms with Crippen LogP contribution in [0.3, 0.4) is 0 Å². The molecule has 50 valence electrons. The van der Waals surface area contributed by atoms with Crippen molar-refractivity contribution in [2.75, 3.05) is 0 Å². The van der Waals surface area contributed by atoms with Crippen molar-refractivity contribution >= 4 is 17.6 Å². The molecule has 0 heterocycles. The van der Waals surface area contributed by atoms with Crippen molar-refractivity contribution in [1.29, 1.82) is 0 Å². The van der Waals surface area contributed by atoms with Crippen molar-refractivity contribution in [3.8, 4) is 0 Å². The van der Waals surface area contributed by atoms with Gasteiger partial charge in [0.15, 0.2) is 0 Å². The third kappa shape index (κ3) is 5.11. The molecule has 0 aliphatic rings. The molecule has 0 rings (SSSR count). The van der Waals surface area contributed by atoms with Crippen LogP contribution in [0.25, 0.3) is 0 Å². The minimum atomic E-state index is -0.394. The highest BCUT2D eigenvalue weighted by molar-refractivity contribution is 6.31. The quantitative estimate of drug-likeness (QED) is 0.338. The Kier molecular flexibility index (Phi) is 3.80. The number of allylic oxidation sites excluding steroid dienone is 2. The minimum absolute atomic E-state index is 0.310. The molecule has 0 aliphatic carbocycles. The predicted molar refractivity (Wildman–Crippen MR) is 35.9 cm³/mol. The number of ether oxygens (including phenoxy) is 1. The van der Waals surface area contributed by atoms with Crippen LogP contribution in [0.4, 0.5) is 0 Å². The maximum Gasteiger partial charge on any atom is 0.307 e. The van der Waals surface area contributed by atoms with Crippen LogP contribution in [0.1, 0.15) is 6.92 Å². The van der Waals surface area contributed by atoms with Crippen LogP contribution < -0.4 is 0 Å². The van der Waals surface area contributed by atoms with Crippen LogP contribution in [0.2, 0.25) is 0 Å². The second-order valence-corrected chi connectivity index (χ2v) is 1.75. The molecule has 0 aromatic carbocycles. The highest BCUT2D eigenvalue weighted by Crippen LogP contribution is 2.00. The van der Waals surface area contributed by atoms with Gasteiger partial charge in [0.1, 0.15) is 6.26 Å². The Hall–Kier alpha value is -0.760.